The summed E-state index contributed by atoms with van der Waals surface area (Å²) in [7, 11) is 0. The van der Waals surface area contributed by atoms with Crippen LogP contribution < -0.4 is 0 Å². The summed E-state index contributed by atoms with van der Waals surface area (Å²) >= 11 is 0. The number of pyridine rings is 4. The molecule has 0 saturated heterocycles. The lowest BCUT2D eigenvalue weighted by Gasteiger charge is -2.20. The van der Waals surface area contributed by atoms with Crippen LogP contribution in [0, 0.1) is 0 Å². The fourth-order valence-electron chi connectivity index (χ4n) is 3.26. The van der Waals surface area contributed by atoms with Gasteiger partial charge in [0.1, 0.15) is 0 Å². The maximum absolute atomic E-state index is 4.61. The third kappa shape index (κ3) is 3.81. The van der Waals surface area contributed by atoms with Crippen LogP contribution in [0.15, 0.2) is 85.5 Å². The van der Waals surface area contributed by atoms with E-state index in [1.807, 2.05) is 60.9 Å². The average Bonchev–Trinajstić information content (AvgIpc) is 2.79. The zero-order valence-electron chi connectivity index (χ0n) is 16.0. The molecular weight excluding hydrogens is 344 g/mol. The molecule has 0 bridgehead atoms. The molecule has 4 rings (SSSR count). The van der Waals surface area contributed by atoms with Gasteiger partial charge in [0.05, 0.1) is 22.8 Å². The molecule has 0 unspecified atom stereocenters. The lowest BCUT2D eigenvalue weighted by molar-refractivity contribution is 0.620. The molecule has 28 heavy (non-hydrogen) atoms. The van der Waals surface area contributed by atoms with Crippen LogP contribution in [-0.4, -0.2) is 19.9 Å². The van der Waals surface area contributed by atoms with Gasteiger partial charge in [-0.25, -0.2) is 0 Å². The molecule has 4 aromatic heterocycles. The van der Waals surface area contributed by atoms with E-state index in [1.54, 1.807) is 12.4 Å². The van der Waals surface area contributed by atoms with Crippen LogP contribution in [0.1, 0.15) is 36.8 Å². The van der Waals surface area contributed by atoms with Gasteiger partial charge < -0.3 is 0 Å². The molecule has 0 saturated carbocycles. The molecule has 138 valence electrons. The first-order valence-electron chi connectivity index (χ1n) is 9.47. The maximum atomic E-state index is 4.61. The largest absolute Gasteiger partial charge is 0.255 e. The number of hydrogen-bond donors (Lipinski definition) is 0. The predicted octanol–water partition coefficient (Wildman–Crippen LogP) is 5.51. The average molecular weight is 366 g/mol. The van der Waals surface area contributed by atoms with Crippen LogP contribution in [0.4, 0.5) is 0 Å². The Kier molecular flexibility index (Phi) is 5.20. The van der Waals surface area contributed by atoms with E-state index in [0.717, 1.165) is 22.8 Å². The van der Waals surface area contributed by atoms with Gasteiger partial charge in [0.25, 0.3) is 0 Å². The van der Waals surface area contributed by atoms with Gasteiger partial charge in [-0.2, -0.15) is 0 Å². The zero-order valence-corrected chi connectivity index (χ0v) is 16.0. The van der Waals surface area contributed by atoms with Gasteiger partial charge in [-0.3, -0.25) is 19.9 Å². The van der Waals surface area contributed by atoms with Crippen LogP contribution in [0.2, 0.25) is 0 Å². The molecule has 4 heteroatoms. The van der Waals surface area contributed by atoms with Crippen LogP contribution in [0.3, 0.4) is 0 Å². The Morgan fingerprint density at radius 2 is 0.929 bits per heavy atom. The first kappa shape index (κ1) is 18.0. The van der Waals surface area contributed by atoms with Gasteiger partial charge in [0, 0.05) is 24.8 Å². The minimum absolute atomic E-state index is 0.327. The summed E-state index contributed by atoms with van der Waals surface area (Å²) in [5, 5.41) is 0. The Balaban J connectivity index is 1.50. The third-order valence-electron chi connectivity index (χ3n) is 5.23. The Bertz CT molecular complexity index is 927. The number of hydrogen-bond acceptors (Lipinski definition) is 4. The van der Waals surface area contributed by atoms with Gasteiger partial charge >= 0.3 is 0 Å². The lowest BCUT2D eigenvalue weighted by Crippen LogP contribution is -2.06. The summed E-state index contributed by atoms with van der Waals surface area (Å²) < 4.78 is 0. The van der Waals surface area contributed by atoms with E-state index in [1.165, 1.54) is 11.1 Å². The Morgan fingerprint density at radius 1 is 0.500 bits per heavy atom. The monoisotopic (exact) mass is 366 g/mol. The summed E-state index contributed by atoms with van der Waals surface area (Å²) in [4.78, 5) is 18.0. The molecular formula is C24H22N4. The molecule has 0 aliphatic rings. The fraction of sp³-hybridized carbons (Fsp3) is 0.167. The number of rotatable bonds is 5. The molecule has 0 amide bonds. The first-order valence-corrected chi connectivity index (χ1v) is 9.47. The van der Waals surface area contributed by atoms with Crippen molar-refractivity contribution in [3.05, 3.63) is 96.6 Å². The molecule has 4 aromatic rings. The van der Waals surface area contributed by atoms with Gasteiger partial charge in [-0.05, 0) is 59.4 Å². The predicted molar refractivity (Wildman–Crippen MR) is 112 cm³/mol. The Labute approximate surface area is 165 Å². The molecule has 0 aliphatic heterocycles. The highest BCUT2D eigenvalue weighted by Gasteiger charge is 2.17. The van der Waals surface area contributed by atoms with Crippen molar-refractivity contribution in [3.63, 3.8) is 0 Å². The molecule has 4 nitrogen and oxygen atoms in total. The Hall–Kier alpha value is -3.40. The second-order valence-electron chi connectivity index (χ2n) is 6.96. The quantitative estimate of drug-likeness (QED) is 0.467. The standard InChI is InChI=1S/C24H22N4/c1-17(19-9-11-23(27-15-19)21-7-3-5-13-25-21)18(2)20-10-12-24(28-16-20)22-8-4-6-14-26-22/h3-18H,1-2H3/t17-,18-/m1/s1. The topological polar surface area (TPSA) is 51.6 Å². The van der Waals surface area contributed by atoms with E-state index in [4.69, 9.17) is 0 Å². The second kappa shape index (κ2) is 8.09. The second-order valence-corrected chi connectivity index (χ2v) is 6.96. The highest BCUT2D eigenvalue weighted by molar-refractivity contribution is 5.54. The minimum Gasteiger partial charge on any atom is -0.255 e. The lowest BCUT2D eigenvalue weighted by atomic mass is 9.85. The van der Waals surface area contributed by atoms with E-state index in [2.05, 4.69) is 45.9 Å². The van der Waals surface area contributed by atoms with Crippen molar-refractivity contribution in [1.29, 1.82) is 0 Å². The Morgan fingerprint density at radius 3 is 1.25 bits per heavy atom. The van der Waals surface area contributed by atoms with Crippen molar-refractivity contribution < 1.29 is 0 Å². The van der Waals surface area contributed by atoms with Crippen LogP contribution >= 0.6 is 0 Å². The van der Waals surface area contributed by atoms with Crippen LogP contribution in [-0.2, 0) is 0 Å². The molecule has 4 heterocycles. The summed E-state index contributed by atoms with van der Waals surface area (Å²) in [6, 6.07) is 20.1. The van der Waals surface area contributed by atoms with Crippen molar-refractivity contribution >= 4 is 0 Å². The molecule has 0 spiro atoms. The summed E-state index contributed by atoms with van der Waals surface area (Å²) in [6.07, 6.45) is 7.50. The van der Waals surface area contributed by atoms with Gasteiger partial charge in [-0.1, -0.05) is 38.1 Å². The van der Waals surface area contributed by atoms with Gasteiger partial charge in [-0.15, -0.1) is 0 Å². The van der Waals surface area contributed by atoms with E-state index in [9.17, 15) is 0 Å². The molecule has 0 radical (unpaired) electrons. The fourth-order valence-corrected chi connectivity index (χ4v) is 3.26. The van der Waals surface area contributed by atoms with Crippen molar-refractivity contribution in [2.75, 3.05) is 0 Å². The molecule has 0 fully saturated rings. The zero-order chi connectivity index (χ0) is 19.3. The van der Waals surface area contributed by atoms with E-state index < -0.39 is 0 Å². The van der Waals surface area contributed by atoms with Crippen molar-refractivity contribution in [3.8, 4) is 22.8 Å². The van der Waals surface area contributed by atoms with E-state index in [-0.39, 0.29) is 0 Å². The van der Waals surface area contributed by atoms with Gasteiger partial charge in [0.15, 0.2) is 0 Å². The summed E-state index contributed by atoms with van der Waals surface area (Å²) in [6.45, 7) is 4.46. The van der Waals surface area contributed by atoms with Crippen molar-refractivity contribution in [2.24, 2.45) is 0 Å². The summed E-state index contributed by atoms with van der Waals surface area (Å²) in [5.74, 6) is 0.653. The minimum atomic E-state index is 0.327. The normalized spacial score (nSPS) is 13.1. The van der Waals surface area contributed by atoms with Crippen molar-refractivity contribution in [2.45, 2.75) is 25.7 Å². The maximum Gasteiger partial charge on any atom is 0.0886 e. The molecule has 2 atom stereocenters. The molecule has 0 aromatic carbocycles. The van der Waals surface area contributed by atoms with E-state index >= 15 is 0 Å². The summed E-state index contributed by atoms with van der Waals surface area (Å²) in [5.41, 5.74) is 5.99. The van der Waals surface area contributed by atoms with E-state index in [0.29, 0.717) is 11.8 Å². The first-order chi connectivity index (χ1) is 13.7. The molecule has 0 aliphatic carbocycles. The highest BCUT2D eigenvalue weighted by atomic mass is 14.8. The molecule has 0 N–H and O–H groups in total. The highest BCUT2D eigenvalue weighted by Crippen LogP contribution is 2.32. The SMILES string of the molecule is C[C@@H](c1ccc(-c2ccccn2)nc1)[C@@H](C)c1ccc(-c2ccccn2)nc1. The number of aromatic nitrogens is 4. The van der Waals surface area contributed by atoms with Crippen LogP contribution in [0.25, 0.3) is 22.8 Å². The number of nitrogens with zero attached hydrogens (tertiary/aromatic N) is 4. The third-order valence-corrected chi connectivity index (χ3v) is 5.23. The van der Waals surface area contributed by atoms with Gasteiger partial charge in [0.2, 0.25) is 0 Å². The smallest absolute Gasteiger partial charge is 0.0886 e. The van der Waals surface area contributed by atoms with Crippen LogP contribution in [0.5, 0.6) is 0 Å². The van der Waals surface area contributed by atoms with Crippen molar-refractivity contribution in [1.82, 2.24) is 19.9 Å².